The molecule has 4 heteroatoms. The van der Waals surface area contributed by atoms with Crippen LogP contribution in [0.1, 0.15) is 90.9 Å². The lowest BCUT2D eigenvalue weighted by Gasteiger charge is -2.10. The van der Waals surface area contributed by atoms with Crippen LogP contribution < -0.4 is 0 Å². The Hall–Kier alpha value is 0.310. The average molecular weight is 306 g/mol. The lowest BCUT2D eigenvalue weighted by atomic mass is 10.1. The topological polar surface area (TPSA) is 38.7 Å². The summed E-state index contributed by atoms with van der Waals surface area (Å²) in [4.78, 5) is 9.55. The quantitative estimate of drug-likeness (QED) is 0.282. The maximum atomic E-state index is 9.55. The standard InChI is InChI=1S/C16H35O3P/c1-3-5-7-9-11-13-15-18-20(17)19-16-14-12-10-8-6-4-2/h17H,3-16H2,1-2H3. The molecule has 0 aliphatic carbocycles. The van der Waals surface area contributed by atoms with E-state index in [1.807, 2.05) is 0 Å². The second-order valence-corrected chi connectivity index (χ2v) is 6.43. The SMILES string of the molecule is CCCCCCCCOP(O)OCCCCCCCC. The van der Waals surface area contributed by atoms with Crippen LogP contribution >= 0.6 is 8.60 Å². The summed E-state index contributed by atoms with van der Waals surface area (Å²) in [5.74, 6) is 0. The molecule has 0 heterocycles. The number of hydrogen-bond acceptors (Lipinski definition) is 3. The maximum absolute atomic E-state index is 9.55. The van der Waals surface area contributed by atoms with Gasteiger partial charge in [0, 0.05) is 0 Å². The van der Waals surface area contributed by atoms with Crippen molar-refractivity contribution >= 4 is 8.60 Å². The lowest BCUT2D eigenvalue weighted by Crippen LogP contribution is -1.95. The molecule has 0 aromatic rings. The van der Waals surface area contributed by atoms with E-state index < -0.39 is 8.60 Å². The molecule has 0 rings (SSSR count). The van der Waals surface area contributed by atoms with Crippen LogP contribution in [0.4, 0.5) is 0 Å². The zero-order chi connectivity index (χ0) is 14.9. The first-order chi connectivity index (χ1) is 9.81. The van der Waals surface area contributed by atoms with Gasteiger partial charge in [0.05, 0.1) is 13.2 Å². The second kappa shape index (κ2) is 17.4. The largest absolute Gasteiger partial charge is 0.329 e. The van der Waals surface area contributed by atoms with Gasteiger partial charge in [0.15, 0.2) is 0 Å². The molecular weight excluding hydrogens is 271 g/mol. The van der Waals surface area contributed by atoms with Gasteiger partial charge in [0.2, 0.25) is 0 Å². The van der Waals surface area contributed by atoms with E-state index in [2.05, 4.69) is 13.8 Å². The molecule has 0 aliphatic heterocycles. The van der Waals surface area contributed by atoms with Crippen LogP contribution in [0.15, 0.2) is 0 Å². The molecule has 1 N–H and O–H groups in total. The Morgan fingerprint density at radius 1 is 0.600 bits per heavy atom. The zero-order valence-corrected chi connectivity index (χ0v) is 14.5. The van der Waals surface area contributed by atoms with Crippen molar-refractivity contribution < 1.29 is 13.9 Å². The highest BCUT2D eigenvalue weighted by Gasteiger charge is 2.05. The second-order valence-electron chi connectivity index (χ2n) is 5.44. The third-order valence-electron chi connectivity index (χ3n) is 3.40. The summed E-state index contributed by atoms with van der Waals surface area (Å²) in [6.07, 6.45) is 14.9. The van der Waals surface area contributed by atoms with Gasteiger partial charge in [-0.1, -0.05) is 78.1 Å². The van der Waals surface area contributed by atoms with E-state index in [0.29, 0.717) is 13.2 Å². The summed E-state index contributed by atoms with van der Waals surface area (Å²) in [6.45, 7) is 5.71. The highest BCUT2D eigenvalue weighted by Crippen LogP contribution is 2.33. The monoisotopic (exact) mass is 306 g/mol. The van der Waals surface area contributed by atoms with Gasteiger partial charge in [-0.15, -0.1) is 0 Å². The first-order valence-corrected chi connectivity index (χ1v) is 9.69. The van der Waals surface area contributed by atoms with Crippen molar-refractivity contribution in [2.24, 2.45) is 0 Å². The van der Waals surface area contributed by atoms with Crippen molar-refractivity contribution in [1.29, 1.82) is 0 Å². The predicted molar refractivity (Wildman–Crippen MR) is 87.8 cm³/mol. The van der Waals surface area contributed by atoms with Crippen molar-refractivity contribution in [1.82, 2.24) is 0 Å². The van der Waals surface area contributed by atoms with E-state index in [-0.39, 0.29) is 0 Å². The molecule has 0 amide bonds. The third-order valence-corrected chi connectivity index (χ3v) is 4.21. The van der Waals surface area contributed by atoms with Crippen LogP contribution in [0.2, 0.25) is 0 Å². The van der Waals surface area contributed by atoms with Gasteiger partial charge in [0.1, 0.15) is 0 Å². The molecule has 3 nitrogen and oxygen atoms in total. The molecule has 0 spiro atoms. The minimum absolute atomic E-state index is 0.630. The minimum Gasteiger partial charge on any atom is -0.328 e. The van der Waals surface area contributed by atoms with Crippen LogP contribution in [-0.2, 0) is 9.05 Å². The van der Waals surface area contributed by atoms with Crippen LogP contribution in [0.3, 0.4) is 0 Å². The molecule has 0 unspecified atom stereocenters. The minimum atomic E-state index is -1.64. The Morgan fingerprint density at radius 2 is 0.950 bits per heavy atom. The Labute approximate surface area is 127 Å². The Kier molecular flexibility index (Phi) is 17.6. The fraction of sp³-hybridized carbons (Fsp3) is 1.00. The van der Waals surface area contributed by atoms with Crippen LogP contribution in [0, 0.1) is 0 Å². The predicted octanol–water partition coefficient (Wildman–Crippen LogP) is 5.96. The molecule has 0 aromatic carbocycles. The molecule has 0 saturated heterocycles. The number of hydrogen-bond donors (Lipinski definition) is 1. The van der Waals surface area contributed by atoms with Gasteiger partial charge in [-0.25, -0.2) is 0 Å². The van der Waals surface area contributed by atoms with Crippen LogP contribution in [0.25, 0.3) is 0 Å². The van der Waals surface area contributed by atoms with E-state index in [1.165, 1.54) is 64.2 Å². The van der Waals surface area contributed by atoms with Crippen LogP contribution in [-0.4, -0.2) is 18.1 Å². The highest BCUT2D eigenvalue weighted by atomic mass is 31.2. The Balaban J connectivity index is 3.11. The normalized spacial score (nSPS) is 11.4. The van der Waals surface area contributed by atoms with Gasteiger partial charge in [0.25, 0.3) is 0 Å². The molecule has 0 radical (unpaired) electrons. The summed E-state index contributed by atoms with van der Waals surface area (Å²) in [6, 6.07) is 0. The molecule has 0 bridgehead atoms. The first-order valence-electron chi connectivity index (χ1n) is 8.56. The van der Waals surface area contributed by atoms with E-state index in [9.17, 15) is 4.89 Å². The fourth-order valence-electron chi connectivity index (χ4n) is 2.09. The van der Waals surface area contributed by atoms with Gasteiger partial charge in [-0.2, -0.15) is 0 Å². The maximum Gasteiger partial charge on any atom is 0.329 e. The summed E-state index contributed by atoms with van der Waals surface area (Å²) >= 11 is 0. The Morgan fingerprint density at radius 3 is 1.35 bits per heavy atom. The zero-order valence-electron chi connectivity index (χ0n) is 13.6. The first kappa shape index (κ1) is 20.3. The van der Waals surface area contributed by atoms with Crippen molar-refractivity contribution in [2.45, 2.75) is 90.9 Å². The van der Waals surface area contributed by atoms with E-state index in [4.69, 9.17) is 9.05 Å². The molecule has 0 saturated carbocycles. The van der Waals surface area contributed by atoms with Crippen LogP contribution in [0.5, 0.6) is 0 Å². The van der Waals surface area contributed by atoms with E-state index in [0.717, 1.165) is 12.8 Å². The van der Waals surface area contributed by atoms with Gasteiger partial charge < -0.3 is 13.9 Å². The van der Waals surface area contributed by atoms with Gasteiger partial charge >= 0.3 is 8.60 Å². The molecule has 122 valence electrons. The van der Waals surface area contributed by atoms with E-state index >= 15 is 0 Å². The van der Waals surface area contributed by atoms with Crippen molar-refractivity contribution in [3.8, 4) is 0 Å². The number of unbranched alkanes of at least 4 members (excludes halogenated alkanes) is 10. The number of rotatable bonds is 16. The fourth-order valence-corrected chi connectivity index (χ4v) is 2.73. The average Bonchev–Trinajstić information content (AvgIpc) is 2.45. The van der Waals surface area contributed by atoms with Crippen molar-refractivity contribution in [3.05, 3.63) is 0 Å². The molecule has 0 aliphatic rings. The smallest absolute Gasteiger partial charge is 0.328 e. The lowest BCUT2D eigenvalue weighted by molar-refractivity contribution is 0.194. The van der Waals surface area contributed by atoms with E-state index in [1.54, 1.807) is 0 Å². The molecule has 20 heavy (non-hydrogen) atoms. The molecule has 0 aromatic heterocycles. The summed E-state index contributed by atoms with van der Waals surface area (Å²) in [5, 5.41) is 0. The van der Waals surface area contributed by atoms with Crippen molar-refractivity contribution in [3.63, 3.8) is 0 Å². The summed E-state index contributed by atoms with van der Waals surface area (Å²) < 4.78 is 10.6. The third kappa shape index (κ3) is 16.4. The van der Waals surface area contributed by atoms with Crippen molar-refractivity contribution in [2.75, 3.05) is 13.2 Å². The molecule has 0 fully saturated rings. The van der Waals surface area contributed by atoms with Gasteiger partial charge in [-0.3, -0.25) is 0 Å². The highest BCUT2D eigenvalue weighted by molar-refractivity contribution is 7.40. The molecule has 0 atom stereocenters. The van der Waals surface area contributed by atoms with Gasteiger partial charge in [-0.05, 0) is 12.8 Å². The Bertz CT molecular complexity index is 161. The summed E-state index contributed by atoms with van der Waals surface area (Å²) in [7, 11) is -1.64. The molecular formula is C16H35O3P. The summed E-state index contributed by atoms with van der Waals surface area (Å²) in [5.41, 5.74) is 0.